The van der Waals surface area contributed by atoms with E-state index in [2.05, 4.69) is 0 Å². The highest BCUT2D eigenvalue weighted by Crippen LogP contribution is 2.26. The monoisotopic (exact) mass is 270 g/mol. The first-order valence-electron chi connectivity index (χ1n) is 6.25. The quantitative estimate of drug-likeness (QED) is 0.866. The third-order valence-corrected chi connectivity index (χ3v) is 3.58. The van der Waals surface area contributed by atoms with Crippen molar-refractivity contribution >= 4 is 11.8 Å². The molecule has 0 fully saturated rings. The van der Waals surface area contributed by atoms with Crippen LogP contribution in [0.5, 0.6) is 0 Å². The second-order valence-corrected chi connectivity index (χ2v) is 4.81. The molecule has 2 aromatic carbocycles. The molecule has 20 heavy (non-hydrogen) atoms. The van der Waals surface area contributed by atoms with Crippen molar-refractivity contribution < 1.29 is 19.1 Å². The molecule has 0 radical (unpaired) electrons. The number of carboxylic acids is 1. The zero-order valence-corrected chi connectivity index (χ0v) is 10.5. The van der Waals surface area contributed by atoms with Gasteiger partial charge >= 0.3 is 5.97 Å². The van der Waals surface area contributed by atoms with Gasteiger partial charge in [-0.1, -0.05) is 6.07 Å². The third-order valence-electron chi connectivity index (χ3n) is 3.58. The predicted octanol–water partition coefficient (Wildman–Crippen LogP) is 2.85. The summed E-state index contributed by atoms with van der Waals surface area (Å²) in [7, 11) is 0. The Morgan fingerprint density at radius 1 is 1.00 bits per heavy atom. The van der Waals surface area contributed by atoms with Crippen molar-refractivity contribution in [3.05, 3.63) is 70.0 Å². The Balaban J connectivity index is 2.15. The number of carbonyl (C=O) groups is 2. The maximum Gasteiger partial charge on any atom is 0.335 e. The van der Waals surface area contributed by atoms with Gasteiger partial charge in [0.1, 0.15) is 5.82 Å². The van der Waals surface area contributed by atoms with Gasteiger partial charge in [-0.05, 0) is 54.3 Å². The largest absolute Gasteiger partial charge is 0.478 e. The highest BCUT2D eigenvalue weighted by atomic mass is 19.1. The lowest BCUT2D eigenvalue weighted by atomic mass is 9.97. The molecule has 0 aromatic heterocycles. The minimum Gasteiger partial charge on any atom is -0.478 e. The molecule has 100 valence electrons. The van der Waals surface area contributed by atoms with E-state index in [1.54, 1.807) is 6.07 Å². The molecule has 0 heterocycles. The molecule has 1 aliphatic rings. The van der Waals surface area contributed by atoms with Crippen LogP contribution in [0.25, 0.3) is 0 Å². The summed E-state index contributed by atoms with van der Waals surface area (Å²) < 4.78 is 13.3. The summed E-state index contributed by atoms with van der Waals surface area (Å²) in [5, 5.41) is 9.00. The zero-order chi connectivity index (χ0) is 14.3. The van der Waals surface area contributed by atoms with Crippen LogP contribution in [0.4, 0.5) is 4.39 Å². The van der Waals surface area contributed by atoms with Gasteiger partial charge in [-0.15, -0.1) is 0 Å². The van der Waals surface area contributed by atoms with E-state index >= 15 is 0 Å². The molecular formula is C16H11FO3. The van der Waals surface area contributed by atoms with Crippen LogP contribution in [0.15, 0.2) is 36.4 Å². The van der Waals surface area contributed by atoms with Crippen LogP contribution < -0.4 is 0 Å². The van der Waals surface area contributed by atoms with Crippen molar-refractivity contribution in [2.24, 2.45) is 0 Å². The molecule has 3 rings (SSSR count). The highest BCUT2D eigenvalue weighted by Gasteiger charge is 2.22. The minimum absolute atomic E-state index is 0.161. The van der Waals surface area contributed by atoms with Gasteiger partial charge in [0.25, 0.3) is 0 Å². The van der Waals surface area contributed by atoms with Crippen LogP contribution in [0.2, 0.25) is 0 Å². The molecule has 0 spiro atoms. The fourth-order valence-corrected chi connectivity index (χ4v) is 2.55. The third kappa shape index (κ3) is 1.99. The van der Waals surface area contributed by atoms with Crippen LogP contribution in [0, 0.1) is 5.82 Å². The second kappa shape index (κ2) is 4.56. The number of benzene rings is 2. The molecule has 0 atom stereocenters. The van der Waals surface area contributed by atoms with Crippen LogP contribution in [-0.4, -0.2) is 16.9 Å². The lowest BCUT2D eigenvalue weighted by Gasteiger charge is -2.06. The lowest BCUT2D eigenvalue weighted by Crippen LogP contribution is -2.06. The molecule has 0 aliphatic heterocycles. The number of hydrogen-bond donors (Lipinski definition) is 1. The average Bonchev–Trinajstić information content (AvgIpc) is 2.57. The smallest absolute Gasteiger partial charge is 0.335 e. The van der Waals surface area contributed by atoms with E-state index in [1.165, 1.54) is 30.3 Å². The Kier molecular flexibility index (Phi) is 2.86. The van der Waals surface area contributed by atoms with Crippen LogP contribution in [0.1, 0.15) is 37.4 Å². The summed E-state index contributed by atoms with van der Waals surface area (Å²) in [4.78, 5) is 23.4. The Labute approximate surface area is 114 Å². The van der Waals surface area contributed by atoms with Gasteiger partial charge in [0.2, 0.25) is 0 Å². The van der Waals surface area contributed by atoms with Gasteiger partial charge in [-0.3, -0.25) is 4.79 Å². The van der Waals surface area contributed by atoms with E-state index in [-0.39, 0.29) is 11.3 Å². The number of ketones is 1. The van der Waals surface area contributed by atoms with Crippen molar-refractivity contribution in [2.75, 3.05) is 0 Å². The number of rotatable bonds is 1. The number of fused-ring (bicyclic) bond motifs is 2. The van der Waals surface area contributed by atoms with Crippen LogP contribution >= 0.6 is 0 Å². The van der Waals surface area contributed by atoms with Crippen molar-refractivity contribution in [2.45, 2.75) is 12.8 Å². The number of aromatic carboxylic acids is 1. The van der Waals surface area contributed by atoms with Gasteiger partial charge < -0.3 is 5.11 Å². The second-order valence-electron chi connectivity index (χ2n) is 4.81. The summed E-state index contributed by atoms with van der Waals surface area (Å²) in [5.41, 5.74) is 2.48. The fraction of sp³-hybridized carbons (Fsp3) is 0.125. The summed E-state index contributed by atoms with van der Waals surface area (Å²) >= 11 is 0. The first kappa shape index (κ1) is 12.5. The summed E-state index contributed by atoms with van der Waals surface area (Å²) in [6.45, 7) is 0. The SMILES string of the molecule is O=C(O)c1ccc2c(c1)CCc1ccc(F)cc1C2=O. The maximum atomic E-state index is 13.3. The van der Waals surface area contributed by atoms with E-state index in [1.807, 2.05) is 0 Å². The van der Waals surface area contributed by atoms with E-state index in [4.69, 9.17) is 5.11 Å². The molecule has 0 unspecified atom stereocenters. The Bertz CT molecular complexity index is 734. The Morgan fingerprint density at radius 3 is 2.50 bits per heavy atom. The number of carboxylic acid groups (broad SMARTS) is 1. The Hall–Kier alpha value is -2.49. The predicted molar refractivity (Wildman–Crippen MR) is 70.6 cm³/mol. The standard InChI is InChI=1S/C16H11FO3/c17-12-5-3-9-1-2-10-7-11(16(19)20)4-6-13(10)15(18)14(9)8-12/h3-8H,1-2H2,(H,19,20). The van der Waals surface area contributed by atoms with E-state index < -0.39 is 11.8 Å². The summed E-state index contributed by atoms with van der Waals surface area (Å²) in [6, 6.07) is 8.65. The zero-order valence-electron chi connectivity index (χ0n) is 10.5. The molecular weight excluding hydrogens is 259 g/mol. The van der Waals surface area contributed by atoms with E-state index in [0.29, 0.717) is 29.5 Å². The van der Waals surface area contributed by atoms with Crippen molar-refractivity contribution in [1.29, 1.82) is 0 Å². The van der Waals surface area contributed by atoms with Gasteiger partial charge in [0.05, 0.1) is 5.56 Å². The topological polar surface area (TPSA) is 54.4 Å². The van der Waals surface area contributed by atoms with Crippen molar-refractivity contribution in [1.82, 2.24) is 0 Å². The number of halogens is 1. The van der Waals surface area contributed by atoms with Gasteiger partial charge in [0.15, 0.2) is 5.78 Å². The number of carbonyl (C=O) groups excluding carboxylic acids is 1. The molecule has 0 bridgehead atoms. The summed E-state index contributed by atoms with van der Waals surface area (Å²) in [5.74, 6) is -1.71. The average molecular weight is 270 g/mol. The van der Waals surface area contributed by atoms with E-state index in [9.17, 15) is 14.0 Å². The minimum atomic E-state index is -1.02. The van der Waals surface area contributed by atoms with Gasteiger partial charge in [-0.2, -0.15) is 0 Å². The van der Waals surface area contributed by atoms with Crippen LogP contribution in [0.3, 0.4) is 0 Å². The molecule has 1 N–H and O–H groups in total. The van der Waals surface area contributed by atoms with Gasteiger partial charge in [-0.25, -0.2) is 9.18 Å². The maximum absolute atomic E-state index is 13.3. The fourth-order valence-electron chi connectivity index (χ4n) is 2.55. The molecule has 2 aromatic rings. The lowest BCUT2D eigenvalue weighted by molar-refractivity contribution is 0.0696. The molecule has 4 heteroatoms. The van der Waals surface area contributed by atoms with Gasteiger partial charge in [0, 0.05) is 11.1 Å². The van der Waals surface area contributed by atoms with Crippen molar-refractivity contribution in [3.63, 3.8) is 0 Å². The summed E-state index contributed by atoms with van der Waals surface area (Å²) in [6.07, 6.45) is 1.16. The molecule has 0 amide bonds. The number of hydrogen-bond acceptors (Lipinski definition) is 2. The Morgan fingerprint density at radius 2 is 1.75 bits per heavy atom. The molecule has 3 nitrogen and oxygen atoms in total. The normalized spacial score (nSPS) is 13.3. The molecule has 1 aliphatic carbocycles. The first-order valence-corrected chi connectivity index (χ1v) is 6.25. The molecule has 0 saturated carbocycles. The number of aryl methyl sites for hydroxylation is 2. The first-order chi connectivity index (χ1) is 9.56. The molecule has 0 saturated heterocycles. The van der Waals surface area contributed by atoms with Crippen molar-refractivity contribution in [3.8, 4) is 0 Å². The highest BCUT2D eigenvalue weighted by molar-refractivity contribution is 6.11. The van der Waals surface area contributed by atoms with Crippen LogP contribution in [-0.2, 0) is 12.8 Å². The van der Waals surface area contributed by atoms with E-state index in [0.717, 1.165) is 5.56 Å².